The Hall–Kier alpha value is -4.09. The number of Topliss-reactive ketones (excluding diaryl/α,β-unsaturated/α-hetero) is 1. The second-order valence-electron chi connectivity index (χ2n) is 16.0. The first-order valence-electron chi connectivity index (χ1n) is 18.1. The number of esters is 1. The summed E-state index contributed by atoms with van der Waals surface area (Å²) in [6.07, 6.45) is 4.49. The van der Waals surface area contributed by atoms with Crippen molar-refractivity contribution in [3.05, 3.63) is 56.7 Å². The molecule has 272 valence electrons. The van der Waals surface area contributed by atoms with Gasteiger partial charge in [0.1, 0.15) is 22.5 Å². The fourth-order valence-corrected chi connectivity index (χ4v) is 10.6. The molecule has 0 saturated heterocycles. The molecule has 11 heteroatoms. The number of aliphatic hydroxyl groups excluding tert-OH is 1. The molecule has 2 aromatic heterocycles. The molecule has 1 aromatic carbocycles. The molecule has 1 amide bonds. The lowest BCUT2D eigenvalue weighted by atomic mass is 9.45. The number of hydrogen-bond acceptors (Lipinski definition) is 10. The van der Waals surface area contributed by atoms with Crippen molar-refractivity contribution in [3.63, 3.8) is 0 Å². The van der Waals surface area contributed by atoms with Crippen LogP contribution in [0.1, 0.15) is 94.1 Å². The summed E-state index contributed by atoms with van der Waals surface area (Å²) >= 11 is 0. The minimum absolute atomic E-state index is 0.0126. The first-order chi connectivity index (χ1) is 24.1. The van der Waals surface area contributed by atoms with Gasteiger partial charge in [-0.2, -0.15) is 0 Å². The maximum absolute atomic E-state index is 13.6. The number of aliphatic hydroxyl groups is 2. The van der Waals surface area contributed by atoms with Gasteiger partial charge in [-0.25, -0.2) is 4.79 Å². The van der Waals surface area contributed by atoms with Crippen LogP contribution in [0.5, 0.6) is 0 Å². The zero-order chi connectivity index (χ0) is 36.6. The summed E-state index contributed by atoms with van der Waals surface area (Å²) < 4.78 is 16.7. The Morgan fingerprint density at radius 2 is 1.73 bits per heavy atom. The number of carbonyl (C=O) groups excluding carboxylic acids is 4. The van der Waals surface area contributed by atoms with Crippen LogP contribution in [-0.4, -0.2) is 52.0 Å². The van der Waals surface area contributed by atoms with E-state index in [0.717, 1.165) is 40.3 Å². The number of fused-ring (bicyclic) bond motifs is 7. The monoisotopic (exact) mass is 701 g/mol. The molecule has 3 saturated carbocycles. The molecule has 2 heterocycles. The van der Waals surface area contributed by atoms with Gasteiger partial charge >= 0.3 is 11.6 Å². The van der Waals surface area contributed by atoms with E-state index in [1.54, 1.807) is 13.0 Å². The SMILES string of the molecule is Cc1oc2c(C)c3oc(=O)cc(C)c3cc2c1CNC(=O)CCC(=O)OCC(=O)[C@@]1(O)CCC2C3CCC4=CC(=O)CCC4(C)C3C(O)CC21C. The van der Waals surface area contributed by atoms with E-state index < -0.39 is 41.1 Å². The summed E-state index contributed by atoms with van der Waals surface area (Å²) in [7, 11) is 0. The number of amides is 1. The van der Waals surface area contributed by atoms with Crippen molar-refractivity contribution in [3.8, 4) is 0 Å². The van der Waals surface area contributed by atoms with E-state index in [0.29, 0.717) is 41.8 Å². The number of furan rings is 1. The fraction of sp³-hybridized carbons (Fsp3) is 0.575. The molecule has 4 aliphatic rings. The van der Waals surface area contributed by atoms with Crippen LogP contribution in [0.4, 0.5) is 0 Å². The third-order valence-corrected chi connectivity index (χ3v) is 13.3. The third-order valence-electron chi connectivity index (χ3n) is 13.3. The van der Waals surface area contributed by atoms with Crippen LogP contribution >= 0.6 is 0 Å². The highest BCUT2D eigenvalue weighted by Gasteiger charge is 2.68. The van der Waals surface area contributed by atoms with Gasteiger partial charge in [-0.3, -0.25) is 19.2 Å². The largest absolute Gasteiger partial charge is 0.461 e. The number of carbonyl (C=O) groups is 4. The number of benzene rings is 1. The summed E-state index contributed by atoms with van der Waals surface area (Å²) in [6.45, 7) is 9.03. The molecule has 7 rings (SSSR count). The number of allylic oxidation sites excluding steroid dienone is 1. The maximum atomic E-state index is 13.6. The lowest BCUT2D eigenvalue weighted by molar-refractivity contribution is -0.184. The van der Waals surface area contributed by atoms with Crippen molar-refractivity contribution >= 4 is 45.4 Å². The van der Waals surface area contributed by atoms with E-state index in [1.807, 2.05) is 26.8 Å². The summed E-state index contributed by atoms with van der Waals surface area (Å²) in [5.74, 6) is -0.865. The van der Waals surface area contributed by atoms with E-state index in [4.69, 9.17) is 13.6 Å². The highest BCUT2D eigenvalue weighted by Crippen LogP contribution is 2.67. The van der Waals surface area contributed by atoms with Gasteiger partial charge in [0.05, 0.1) is 12.5 Å². The molecule has 0 bridgehead atoms. The normalized spacial score (nSPS) is 31.5. The van der Waals surface area contributed by atoms with Crippen LogP contribution in [0.25, 0.3) is 21.9 Å². The van der Waals surface area contributed by atoms with Gasteiger partial charge in [0.2, 0.25) is 11.7 Å². The summed E-state index contributed by atoms with van der Waals surface area (Å²) in [5, 5.41) is 28.0. The van der Waals surface area contributed by atoms with Gasteiger partial charge in [-0.05, 0) is 100 Å². The highest BCUT2D eigenvalue weighted by molar-refractivity contribution is 6.00. The number of ether oxygens (including phenoxy) is 1. The number of rotatable bonds is 8. The summed E-state index contributed by atoms with van der Waals surface area (Å²) in [5.41, 5.74) is 1.03. The summed E-state index contributed by atoms with van der Waals surface area (Å²) in [4.78, 5) is 63.2. The van der Waals surface area contributed by atoms with Crippen molar-refractivity contribution in [1.82, 2.24) is 5.32 Å². The van der Waals surface area contributed by atoms with Gasteiger partial charge < -0.3 is 29.1 Å². The predicted octanol–water partition coefficient (Wildman–Crippen LogP) is 5.21. The maximum Gasteiger partial charge on any atom is 0.336 e. The van der Waals surface area contributed by atoms with Crippen LogP contribution in [0.3, 0.4) is 0 Å². The Kier molecular flexibility index (Phi) is 8.69. The van der Waals surface area contributed by atoms with Gasteiger partial charge in [-0.1, -0.05) is 19.4 Å². The van der Waals surface area contributed by atoms with E-state index in [9.17, 15) is 34.2 Å². The highest BCUT2D eigenvalue weighted by atomic mass is 16.5. The topological polar surface area (TPSA) is 173 Å². The standard InChI is InChI=1S/C40H47NO10/c1-20-14-34(47)51-36-21(2)37-27(16-26(20)36)28(22(3)50-37)18-41-32(45)8-9-33(46)49-19-31(44)40(48)13-11-29-25-7-6-23-15-24(42)10-12-38(23,4)35(25)30(43)17-39(29,40)5/h14-16,25,29-30,35,43,48H,6-13,17-19H2,1-5H3,(H,41,45)/t25?,29?,30?,35?,38?,39?,40-/m0/s1. The zero-order valence-electron chi connectivity index (χ0n) is 30.0. The minimum atomic E-state index is -1.75. The van der Waals surface area contributed by atoms with E-state index in [2.05, 4.69) is 12.2 Å². The predicted molar refractivity (Wildman–Crippen MR) is 187 cm³/mol. The quantitative estimate of drug-likeness (QED) is 0.209. The zero-order valence-corrected chi connectivity index (χ0v) is 30.0. The molecule has 51 heavy (non-hydrogen) atoms. The molecular weight excluding hydrogens is 654 g/mol. The third kappa shape index (κ3) is 5.58. The smallest absolute Gasteiger partial charge is 0.336 e. The van der Waals surface area contributed by atoms with Crippen molar-refractivity contribution in [2.45, 2.75) is 111 Å². The molecule has 0 spiro atoms. The Morgan fingerprint density at radius 3 is 2.49 bits per heavy atom. The minimum Gasteiger partial charge on any atom is -0.461 e. The van der Waals surface area contributed by atoms with Crippen molar-refractivity contribution in [2.75, 3.05) is 6.61 Å². The van der Waals surface area contributed by atoms with E-state index in [-0.39, 0.29) is 67.1 Å². The van der Waals surface area contributed by atoms with Crippen LogP contribution in [0.2, 0.25) is 0 Å². The molecule has 6 unspecified atom stereocenters. The molecule has 11 nitrogen and oxygen atoms in total. The first-order valence-corrected chi connectivity index (χ1v) is 18.1. The lowest BCUT2D eigenvalue weighted by Gasteiger charge is -2.60. The van der Waals surface area contributed by atoms with Gasteiger partial charge in [0.15, 0.2) is 12.4 Å². The fourth-order valence-electron chi connectivity index (χ4n) is 10.6. The Balaban J connectivity index is 0.949. The van der Waals surface area contributed by atoms with E-state index in [1.165, 1.54) is 6.07 Å². The van der Waals surface area contributed by atoms with Crippen molar-refractivity contribution in [1.29, 1.82) is 0 Å². The van der Waals surface area contributed by atoms with Crippen LogP contribution in [-0.2, 0) is 30.5 Å². The molecule has 0 radical (unpaired) electrons. The Bertz CT molecular complexity index is 2070. The second-order valence-corrected chi connectivity index (χ2v) is 16.0. The molecule has 3 aromatic rings. The van der Waals surface area contributed by atoms with Crippen LogP contribution < -0.4 is 10.9 Å². The van der Waals surface area contributed by atoms with Gasteiger partial charge in [0.25, 0.3) is 0 Å². The number of hydrogen-bond donors (Lipinski definition) is 3. The summed E-state index contributed by atoms with van der Waals surface area (Å²) in [6, 6.07) is 3.32. The van der Waals surface area contributed by atoms with Crippen LogP contribution in [0.15, 0.2) is 37.4 Å². The molecule has 4 aliphatic carbocycles. The molecule has 0 aliphatic heterocycles. The van der Waals surface area contributed by atoms with E-state index >= 15 is 0 Å². The van der Waals surface area contributed by atoms with Crippen LogP contribution in [0, 0.1) is 49.4 Å². The van der Waals surface area contributed by atoms with Gasteiger partial charge in [0, 0.05) is 52.8 Å². The Morgan fingerprint density at radius 1 is 0.980 bits per heavy atom. The lowest BCUT2D eigenvalue weighted by Crippen LogP contribution is -2.62. The van der Waals surface area contributed by atoms with Crippen molar-refractivity contribution in [2.24, 2.45) is 28.6 Å². The molecular formula is C40H47NO10. The number of ketones is 2. The first kappa shape index (κ1) is 35.3. The number of nitrogens with one attached hydrogen (secondary N) is 1. The molecule has 7 atom stereocenters. The average molecular weight is 702 g/mol. The molecule has 3 N–H and O–H groups in total. The second kappa shape index (κ2) is 12.5. The Labute approximate surface area is 295 Å². The average Bonchev–Trinajstić information content (AvgIpc) is 3.54. The van der Waals surface area contributed by atoms with Gasteiger partial charge in [-0.15, -0.1) is 0 Å². The van der Waals surface area contributed by atoms with Crippen molar-refractivity contribution < 1.29 is 43.0 Å². The number of aryl methyl sites for hydroxylation is 3. The molecule has 3 fully saturated rings.